The number of aliphatic hydroxyl groups excluding tert-OH is 1. The van der Waals surface area contributed by atoms with Crippen molar-refractivity contribution >= 4 is 0 Å². The van der Waals surface area contributed by atoms with Crippen molar-refractivity contribution in [2.75, 3.05) is 0 Å². The number of epoxide rings is 1. The van der Waals surface area contributed by atoms with Gasteiger partial charge >= 0.3 is 0 Å². The lowest BCUT2D eigenvalue weighted by atomic mass is 9.45. The molecular weight excluding hydrogens is 260 g/mol. The maximum atomic E-state index is 10.5. The first-order valence-electron chi connectivity index (χ1n) is 9.37. The van der Waals surface area contributed by atoms with E-state index in [-0.39, 0.29) is 11.5 Å². The van der Waals surface area contributed by atoms with Crippen molar-refractivity contribution in [2.45, 2.75) is 83.5 Å². The van der Waals surface area contributed by atoms with Crippen LogP contribution in [0.4, 0.5) is 0 Å². The summed E-state index contributed by atoms with van der Waals surface area (Å²) in [6, 6.07) is 0. The number of ether oxygens (including phenoxy) is 1. The number of aliphatic hydroxyl groups is 1. The fraction of sp³-hybridized carbons (Fsp3) is 1.00. The van der Waals surface area contributed by atoms with Gasteiger partial charge in [0.1, 0.15) is 0 Å². The molecule has 1 saturated heterocycles. The monoisotopic (exact) mass is 290 g/mol. The average Bonchev–Trinajstić information content (AvgIpc) is 3.18. The molecule has 9 atom stereocenters. The smallest absolute Gasteiger partial charge is 0.0875 e. The van der Waals surface area contributed by atoms with Gasteiger partial charge < -0.3 is 9.84 Å². The van der Waals surface area contributed by atoms with Gasteiger partial charge in [0.05, 0.1) is 18.3 Å². The first-order valence-corrected chi connectivity index (χ1v) is 9.37. The summed E-state index contributed by atoms with van der Waals surface area (Å²) in [7, 11) is 0. The third kappa shape index (κ3) is 1.57. The molecule has 0 aromatic heterocycles. The molecular formula is C19H30O2. The van der Waals surface area contributed by atoms with Crippen LogP contribution < -0.4 is 0 Å². The predicted molar refractivity (Wildman–Crippen MR) is 81.8 cm³/mol. The van der Waals surface area contributed by atoms with E-state index in [4.69, 9.17) is 4.74 Å². The minimum Gasteiger partial charge on any atom is -0.393 e. The van der Waals surface area contributed by atoms with Crippen LogP contribution in [0, 0.1) is 34.5 Å². The highest BCUT2D eigenvalue weighted by molar-refractivity contribution is 5.13. The van der Waals surface area contributed by atoms with Crippen LogP contribution in [0.3, 0.4) is 0 Å². The topological polar surface area (TPSA) is 32.8 Å². The second kappa shape index (κ2) is 4.06. The van der Waals surface area contributed by atoms with Crippen molar-refractivity contribution in [2.24, 2.45) is 34.5 Å². The van der Waals surface area contributed by atoms with Crippen LogP contribution in [-0.4, -0.2) is 23.4 Å². The van der Waals surface area contributed by atoms with E-state index in [1.165, 1.54) is 44.9 Å². The van der Waals surface area contributed by atoms with E-state index >= 15 is 0 Å². The van der Waals surface area contributed by atoms with Gasteiger partial charge in [0, 0.05) is 0 Å². The summed E-state index contributed by atoms with van der Waals surface area (Å²) in [6.07, 6.45) is 11.7. The fourth-order valence-corrected chi connectivity index (χ4v) is 7.56. The average molecular weight is 290 g/mol. The summed E-state index contributed by atoms with van der Waals surface area (Å²) in [5, 5.41) is 10.5. The molecule has 0 amide bonds. The molecule has 0 spiro atoms. The van der Waals surface area contributed by atoms with Crippen molar-refractivity contribution < 1.29 is 9.84 Å². The maximum Gasteiger partial charge on any atom is 0.0875 e. The van der Waals surface area contributed by atoms with E-state index in [0.717, 1.165) is 30.1 Å². The molecule has 2 nitrogen and oxygen atoms in total. The van der Waals surface area contributed by atoms with Gasteiger partial charge in [-0.05, 0) is 85.9 Å². The van der Waals surface area contributed by atoms with Crippen LogP contribution in [0.1, 0.15) is 65.2 Å². The second-order valence-corrected chi connectivity index (χ2v) is 9.38. The molecule has 1 N–H and O–H groups in total. The Balaban J connectivity index is 1.48. The number of hydrogen-bond acceptors (Lipinski definition) is 2. The van der Waals surface area contributed by atoms with Gasteiger partial charge in [0.2, 0.25) is 0 Å². The van der Waals surface area contributed by atoms with Crippen molar-refractivity contribution in [1.29, 1.82) is 0 Å². The Morgan fingerprint density at radius 2 is 1.52 bits per heavy atom. The van der Waals surface area contributed by atoms with Gasteiger partial charge in [-0.3, -0.25) is 0 Å². The standard InChI is InChI=1S/C19H30O2/c1-18-10-8-15-17(21-15)14(18)4-3-11-12-5-6-16(20)19(12,2)9-7-13(11)18/h11-17,20H,3-10H2,1-2H3/t11-,12-,13-,14?,15?,16-,17?,18+,19-/m0/s1. The van der Waals surface area contributed by atoms with E-state index in [0.29, 0.717) is 17.6 Å². The molecule has 0 aromatic carbocycles. The molecule has 21 heavy (non-hydrogen) atoms. The van der Waals surface area contributed by atoms with Gasteiger partial charge in [0.15, 0.2) is 0 Å². The minimum absolute atomic E-state index is 0.0310. The van der Waals surface area contributed by atoms with Crippen LogP contribution in [0.15, 0.2) is 0 Å². The summed E-state index contributed by atoms with van der Waals surface area (Å²) in [4.78, 5) is 0. The van der Waals surface area contributed by atoms with E-state index < -0.39 is 0 Å². The Morgan fingerprint density at radius 1 is 0.810 bits per heavy atom. The first-order chi connectivity index (χ1) is 10.0. The number of fused-ring (bicyclic) bond motifs is 7. The lowest BCUT2D eigenvalue weighted by molar-refractivity contribution is -0.118. The van der Waals surface area contributed by atoms with Crippen LogP contribution in [0.5, 0.6) is 0 Å². The second-order valence-electron chi connectivity index (χ2n) is 9.38. The predicted octanol–water partition coefficient (Wildman–Crippen LogP) is 3.77. The van der Waals surface area contributed by atoms with Gasteiger partial charge in [-0.2, -0.15) is 0 Å². The minimum atomic E-state index is -0.0310. The Hall–Kier alpha value is -0.0800. The molecule has 0 aromatic rings. The van der Waals surface area contributed by atoms with E-state index in [1.54, 1.807) is 0 Å². The van der Waals surface area contributed by atoms with Gasteiger partial charge in [-0.25, -0.2) is 0 Å². The quantitative estimate of drug-likeness (QED) is 0.689. The zero-order valence-electron chi connectivity index (χ0n) is 13.6. The summed E-state index contributed by atoms with van der Waals surface area (Å²) >= 11 is 0. The van der Waals surface area contributed by atoms with E-state index in [9.17, 15) is 5.11 Å². The zero-order valence-corrected chi connectivity index (χ0v) is 13.6. The summed E-state index contributed by atoms with van der Waals surface area (Å²) in [5.74, 6) is 3.43. The molecule has 2 heteroatoms. The van der Waals surface area contributed by atoms with Gasteiger partial charge in [-0.1, -0.05) is 13.8 Å². The molecule has 1 aliphatic heterocycles. The van der Waals surface area contributed by atoms with E-state index in [1.807, 2.05) is 0 Å². The Labute approximate surface area is 128 Å². The third-order valence-electron chi connectivity index (χ3n) is 8.88. The number of rotatable bonds is 0. The third-order valence-corrected chi connectivity index (χ3v) is 8.88. The van der Waals surface area contributed by atoms with Crippen molar-refractivity contribution in [3.63, 3.8) is 0 Å². The highest BCUT2D eigenvalue weighted by Crippen LogP contribution is 2.68. The van der Waals surface area contributed by atoms with Gasteiger partial charge in [-0.15, -0.1) is 0 Å². The summed E-state index contributed by atoms with van der Waals surface area (Å²) < 4.78 is 5.98. The summed E-state index contributed by atoms with van der Waals surface area (Å²) in [6.45, 7) is 4.99. The molecule has 4 aliphatic carbocycles. The van der Waals surface area contributed by atoms with Crippen LogP contribution in [0.25, 0.3) is 0 Å². The molecule has 5 fully saturated rings. The van der Waals surface area contributed by atoms with Crippen molar-refractivity contribution in [3.05, 3.63) is 0 Å². The Kier molecular flexibility index (Phi) is 2.58. The van der Waals surface area contributed by atoms with Crippen LogP contribution in [0.2, 0.25) is 0 Å². The number of hydrogen-bond donors (Lipinski definition) is 1. The largest absolute Gasteiger partial charge is 0.393 e. The van der Waals surface area contributed by atoms with Crippen LogP contribution >= 0.6 is 0 Å². The molecule has 0 radical (unpaired) electrons. The molecule has 5 rings (SSSR count). The molecule has 1 heterocycles. The van der Waals surface area contributed by atoms with Crippen molar-refractivity contribution in [1.82, 2.24) is 0 Å². The summed E-state index contributed by atoms with van der Waals surface area (Å²) in [5.41, 5.74) is 0.771. The zero-order chi connectivity index (χ0) is 14.4. The molecule has 118 valence electrons. The SMILES string of the molecule is C[C@]12CC[C@H]3[C@@H](CCC4C5OC5CC[C@@]43C)[C@@H]1CC[C@@H]2O. The van der Waals surface area contributed by atoms with E-state index in [2.05, 4.69) is 13.8 Å². The maximum absolute atomic E-state index is 10.5. The van der Waals surface area contributed by atoms with Crippen molar-refractivity contribution in [3.8, 4) is 0 Å². The fourth-order valence-electron chi connectivity index (χ4n) is 7.56. The lowest BCUT2D eigenvalue weighted by Crippen LogP contribution is -2.54. The Bertz CT molecular complexity index is 462. The molecule has 0 bridgehead atoms. The molecule has 5 aliphatic rings. The highest BCUT2D eigenvalue weighted by Gasteiger charge is 2.64. The molecule has 3 unspecified atom stereocenters. The molecule has 4 saturated carbocycles. The highest BCUT2D eigenvalue weighted by atomic mass is 16.6. The Morgan fingerprint density at radius 3 is 2.38 bits per heavy atom. The van der Waals surface area contributed by atoms with Gasteiger partial charge in [0.25, 0.3) is 0 Å². The normalized spacial score (nSPS) is 65.0. The van der Waals surface area contributed by atoms with Crippen LogP contribution in [-0.2, 0) is 4.74 Å². The first kappa shape index (κ1) is 13.4. The lowest BCUT2D eigenvalue weighted by Gasteiger charge is -2.59.